The van der Waals surface area contributed by atoms with E-state index in [4.69, 9.17) is 9.47 Å². The van der Waals surface area contributed by atoms with E-state index < -0.39 is 17.4 Å². The van der Waals surface area contributed by atoms with Crippen LogP contribution in [0, 0.1) is 19.3 Å². The number of carboxylic acids is 1. The molecule has 0 saturated carbocycles. The van der Waals surface area contributed by atoms with Crippen molar-refractivity contribution in [3.8, 4) is 17.0 Å². The van der Waals surface area contributed by atoms with Crippen molar-refractivity contribution in [2.75, 3.05) is 13.7 Å². The van der Waals surface area contributed by atoms with Crippen molar-refractivity contribution in [2.45, 2.75) is 79.2 Å². The van der Waals surface area contributed by atoms with Crippen LogP contribution in [0.2, 0.25) is 0 Å². The van der Waals surface area contributed by atoms with Gasteiger partial charge in [0.1, 0.15) is 17.3 Å². The van der Waals surface area contributed by atoms with E-state index in [-0.39, 0.29) is 22.8 Å². The number of ether oxygens (including phenoxy) is 2. The molecule has 2 aromatic rings. The van der Waals surface area contributed by atoms with Gasteiger partial charge in [0, 0.05) is 48.0 Å². The van der Waals surface area contributed by atoms with Crippen LogP contribution < -0.4 is 4.74 Å². The number of aromatic nitrogens is 1. The van der Waals surface area contributed by atoms with Gasteiger partial charge < -0.3 is 19.5 Å². The number of benzene rings is 1. The molecule has 1 amide bonds. The number of allylic oxidation sites excluding steroid dienone is 2. The molecule has 8 nitrogen and oxygen atoms in total. The standard InChI is InChI=1S/C33H38N2O6/c1-9-35-30(37)27-24(16-33(35,6)7)41-23-15-32(4,5)14-21(36)26(23)28(27)25-18(3)19(11-13-22(25)40-8)20-12-10-17(2)29(34-20)31(38)39/h10-13,28H,9,14-16H2,1-8H3,(H,38,39). The van der Waals surface area contributed by atoms with Crippen molar-refractivity contribution in [1.29, 1.82) is 0 Å². The Hall–Kier alpha value is -3.94. The van der Waals surface area contributed by atoms with E-state index in [1.54, 1.807) is 26.2 Å². The van der Waals surface area contributed by atoms with Crippen LogP contribution in [0.3, 0.4) is 0 Å². The minimum Gasteiger partial charge on any atom is -0.496 e. The molecule has 1 N–H and O–H groups in total. The lowest BCUT2D eigenvalue weighted by atomic mass is 9.67. The third-order valence-corrected chi connectivity index (χ3v) is 8.68. The molecule has 1 atom stereocenters. The number of methoxy groups -OCH3 is 1. The zero-order valence-electron chi connectivity index (χ0n) is 25.1. The van der Waals surface area contributed by atoms with Crippen LogP contribution in [0.15, 0.2) is 46.9 Å². The number of rotatable bonds is 5. The summed E-state index contributed by atoms with van der Waals surface area (Å²) in [5.41, 5.74) is 3.45. The van der Waals surface area contributed by atoms with Gasteiger partial charge in [-0.1, -0.05) is 19.9 Å². The van der Waals surface area contributed by atoms with Crippen molar-refractivity contribution < 1.29 is 29.0 Å². The summed E-state index contributed by atoms with van der Waals surface area (Å²) in [4.78, 5) is 46.3. The summed E-state index contributed by atoms with van der Waals surface area (Å²) in [7, 11) is 1.57. The van der Waals surface area contributed by atoms with Crippen molar-refractivity contribution in [1.82, 2.24) is 9.88 Å². The van der Waals surface area contributed by atoms with Crippen molar-refractivity contribution in [3.63, 3.8) is 0 Å². The van der Waals surface area contributed by atoms with Crippen LogP contribution in [-0.4, -0.2) is 51.8 Å². The number of Topliss-reactive ketones (excluding diaryl/α,β-unsaturated/α-hetero) is 1. The van der Waals surface area contributed by atoms with Crippen LogP contribution in [-0.2, 0) is 14.3 Å². The molecule has 2 aliphatic heterocycles. The number of amides is 1. The molecule has 1 aliphatic carbocycles. The Bertz CT molecular complexity index is 1560. The van der Waals surface area contributed by atoms with Gasteiger partial charge in [0.15, 0.2) is 11.5 Å². The van der Waals surface area contributed by atoms with Gasteiger partial charge in [0.25, 0.3) is 5.91 Å². The summed E-state index contributed by atoms with van der Waals surface area (Å²) < 4.78 is 12.4. The highest BCUT2D eigenvalue weighted by molar-refractivity contribution is 6.06. The van der Waals surface area contributed by atoms with Gasteiger partial charge in [-0.2, -0.15) is 0 Å². The topological polar surface area (TPSA) is 106 Å². The molecule has 5 rings (SSSR count). The van der Waals surface area contributed by atoms with Crippen molar-refractivity contribution in [3.05, 3.63) is 69.3 Å². The zero-order valence-corrected chi connectivity index (χ0v) is 25.1. The number of aryl methyl sites for hydroxylation is 1. The summed E-state index contributed by atoms with van der Waals surface area (Å²) in [5, 5.41) is 9.71. The van der Waals surface area contributed by atoms with Gasteiger partial charge in [-0.3, -0.25) is 9.59 Å². The maximum atomic E-state index is 14.3. The highest BCUT2D eigenvalue weighted by Gasteiger charge is 2.51. The maximum Gasteiger partial charge on any atom is 0.354 e. The molecule has 3 heterocycles. The fraction of sp³-hybridized carbons (Fsp3) is 0.455. The number of carbonyl (C=O) groups excluding carboxylic acids is 2. The average molecular weight is 559 g/mol. The Kier molecular flexibility index (Phi) is 6.87. The van der Waals surface area contributed by atoms with Gasteiger partial charge in [-0.05, 0) is 69.4 Å². The van der Waals surface area contributed by atoms with Gasteiger partial charge >= 0.3 is 5.97 Å². The van der Waals surface area contributed by atoms with Crippen molar-refractivity contribution >= 4 is 17.7 Å². The molecule has 0 saturated heterocycles. The molecule has 0 fully saturated rings. The monoisotopic (exact) mass is 558 g/mol. The first-order valence-electron chi connectivity index (χ1n) is 14.1. The lowest BCUT2D eigenvalue weighted by molar-refractivity contribution is -0.134. The molecule has 216 valence electrons. The second-order valence-electron chi connectivity index (χ2n) is 12.7. The molecule has 1 unspecified atom stereocenters. The van der Waals surface area contributed by atoms with E-state index in [1.807, 2.05) is 44.7 Å². The molecule has 0 bridgehead atoms. The first-order valence-corrected chi connectivity index (χ1v) is 14.1. The smallest absolute Gasteiger partial charge is 0.354 e. The third kappa shape index (κ3) is 4.63. The number of carbonyl (C=O) groups is 3. The van der Waals surface area contributed by atoms with Crippen LogP contribution >= 0.6 is 0 Å². The molecule has 1 aromatic carbocycles. The molecular formula is C33H38N2O6. The number of hydrogen-bond donors (Lipinski definition) is 1. The lowest BCUT2D eigenvalue weighted by Crippen LogP contribution is -2.53. The molecule has 0 radical (unpaired) electrons. The number of carboxylic acid groups (broad SMARTS) is 1. The SMILES string of the molecule is CCN1C(=O)C2=C(CC1(C)C)OC1=C(C(=O)CC(C)(C)C1)C2c1c(OC)ccc(-c2ccc(C)c(C(=O)O)n2)c1C. The van der Waals surface area contributed by atoms with E-state index in [2.05, 4.69) is 18.8 Å². The van der Waals surface area contributed by atoms with Gasteiger partial charge in [0.05, 0.1) is 24.3 Å². The van der Waals surface area contributed by atoms with Crippen LogP contribution in [0.25, 0.3) is 11.3 Å². The minimum absolute atomic E-state index is 0.0201. The number of nitrogens with zero attached hydrogens (tertiary/aromatic N) is 2. The van der Waals surface area contributed by atoms with E-state index in [1.165, 1.54) is 0 Å². The Morgan fingerprint density at radius 2 is 1.73 bits per heavy atom. The minimum atomic E-state index is -1.10. The predicted octanol–water partition coefficient (Wildman–Crippen LogP) is 6.11. The fourth-order valence-electron chi connectivity index (χ4n) is 6.76. The van der Waals surface area contributed by atoms with Gasteiger partial charge in [0.2, 0.25) is 0 Å². The summed E-state index contributed by atoms with van der Waals surface area (Å²) >= 11 is 0. The molecule has 3 aliphatic rings. The van der Waals surface area contributed by atoms with Crippen LogP contribution in [0.4, 0.5) is 0 Å². The molecule has 1 aromatic heterocycles. The van der Waals surface area contributed by atoms with E-state index >= 15 is 0 Å². The zero-order chi connectivity index (χ0) is 30.0. The normalized spacial score (nSPS) is 21.4. The van der Waals surface area contributed by atoms with E-state index in [0.717, 1.165) is 5.56 Å². The summed E-state index contributed by atoms with van der Waals surface area (Å²) in [5.74, 6) is -0.210. The Morgan fingerprint density at radius 3 is 2.37 bits per heavy atom. The largest absolute Gasteiger partial charge is 0.496 e. The summed E-state index contributed by atoms with van der Waals surface area (Å²) in [6.07, 6.45) is 1.44. The third-order valence-electron chi connectivity index (χ3n) is 8.68. The number of likely N-dealkylation sites (N-methyl/N-ethyl adjacent to an activating group) is 1. The van der Waals surface area contributed by atoms with Crippen LogP contribution in [0.5, 0.6) is 5.75 Å². The van der Waals surface area contributed by atoms with E-state index in [0.29, 0.717) is 76.6 Å². The Balaban J connectivity index is 1.81. The van der Waals surface area contributed by atoms with Crippen LogP contribution in [0.1, 0.15) is 87.0 Å². The first-order chi connectivity index (χ1) is 19.2. The van der Waals surface area contributed by atoms with E-state index in [9.17, 15) is 19.5 Å². The van der Waals surface area contributed by atoms with Gasteiger partial charge in [-0.25, -0.2) is 9.78 Å². The summed E-state index contributed by atoms with van der Waals surface area (Å²) in [6, 6.07) is 7.19. The highest BCUT2D eigenvalue weighted by Crippen LogP contribution is 2.54. The number of pyridine rings is 1. The predicted molar refractivity (Wildman–Crippen MR) is 155 cm³/mol. The summed E-state index contributed by atoms with van der Waals surface area (Å²) in [6.45, 7) is 14.3. The maximum absolute atomic E-state index is 14.3. The fourth-order valence-corrected chi connectivity index (χ4v) is 6.76. The second-order valence-corrected chi connectivity index (χ2v) is 12.7. The quantitative estimate of drug-likeness (QED) is 0.472. The average Bonchev–Trinajstić information content (AvgIpc) is 2.86. The Labute approximate surface area is 241 Å². The Morgan fingerprint density at radius 1 is 1.05 bits per heavy atom. The lowest BCUT2D eigenvalue weighted by Gasteiger charge is -2.48. The highest BCUT2D eigenvalue weighted by atomic mass is 16.5. The van der Waals surface area contributed by atoms with Crippen molar-refractivity contribution in [2.24, 2.45) is 5.41 Å². The molecule has 41 heavy (non-hydrogen) atoms. The molecule has 8 heteroatoms. The number of ketones is 1. The molecular weight excluding hydrogens is 520 g/mol. The second kappa shape index (κ2) is 9.86. The number of hydrogen-bond acceptors (Lipinski definition) is 6. The first kappa shape index (κ1) is 28.6. The number of aromatic carboxylic acids is 1. The molecule has 0 spiro atoms. The van der Waals surface area contributed by atoms with Gasteiger partial charge in [-0.15, -0.1) is 0 Å².